The Morgan fingerprint density at radius 2 is 2.05 bits per heavy atom. The molecule has 0 aliphatic heterocycles. The van der Waals surface area contributed by atoms with Gasteiger partial charge in [0, 0.05) is 12.7 Å². The first kappa shape index (κ1) is 11.4. The molecular weight excluding hydrogens is 250 g/mol. The number of imidazole rings is 1. The molecule has 5 heteroatoms. The fourth-order valence-corrected chi connectivity index (χ4v) is 2.27. The number of benzene rings is 1. The van der Waals surface area contributed by atoms with Crippen molar-refractivity contribution < 1.29 is 0 Å². The van der Waals surface area contributed by atoms with E-state index in [9.17, 15) is 0 Å². The molecule has 1 aliphatic carbocycles. The first-order valence-electron chi connectivity index (χ1n) is 6.89. The molecule has 1 saturated carbocycles. The van der Waals surface area contributed by atoms with Gasteiger partial charge in [-0.2, -0.15) is 4.98 Å². The maximum atomic E-state index is 4.57. The van der Waals surface area contributed by atoms with Gasteiger partial charge in [0.15, 0.2) is 0 Å². The molecule has 100 valence electrons. The largest absolute Gasteiger partial charge is 0.354 e. The molecule has 3 aromatic rings. The maximum absolute atomic E-state index is 4.57. The van der Waals surface area contributed by atoms with E-state index in [-0.39, 0.29) is 0 Å². The monoisotopic (exact) mass is 265 g/mol. The van der Waals surface area contributed by atoms with Gasteiger partial charge in [-0.15, -0.1) is 0 Å². The van der Waals surface area contributed by atoms with E-state index in [0.717, 1.165) is 29.3 Å². The zero-order valence-electron chi connectivity index (χ0n) is 11.0. The summed E-state index contributed by atoms with van der Waals surface area (Å²) in [7, 11) is 0. The summed E-state index contributed by atoms with van der Waals surface area (Å²) >= 11 is 0. The van der Waals surface area contributed by atoms with E-state index < -0.39 is 0 Å². The lowest BCUT2D eigenvalue weighted by Crippen LogP contribution is -2.08. The van der Waals surface area contributed by atoms with E-state index in [2.05, 4.69) is 20.3 Å². The smallest absolute Gasteiger partial charge is 0.224 e. The second-order valence-electron chi connectivity index (χ2n) is 5.17. The summed E-state index contributed by atoms with van der Waals surface area (Å²) < 4.78 is 1.99. The number of fused-ring (bicyclic) bond motifs is 1. The van der Waals surface area contributed by atoms with Crippen molar-refractivity contribution in [3.63, 3.8) is 0 Å². The second kappa shape index (κ2) is 4.59. The van der Waals surface area contributed by atoms with Crippen LogP contribution >= 0.6 is 0 Å². The van der Waals surface area contributed by atoms with Gasteiger partial charge in [-0.05, 0) is 37.0 Å². The molecule has 0 spiro atoms. The normalized spacial score (nSPS) is 14.6. The number of para-hydroxylation sites is 2. The topological polar surface area (TPSA) is 55.6 Å². The van der Waals surface area contributed by atoms with Gasteiger partial charge in [0.25, 0.3) is 0 Å². The lowest BCUT2D eigenvalue weighted by atomic mass is 10.3. The summed E-state index contributed by atoms with van der Waals surface area (Å²) in [5.41, 5.74) is 2.03. The molecule has 2 heterocycles. The van der Waals surface area contributed by atoms with Crippen LogP contribution in [-0.2, 0) is 0 Å². The third kappa shape index (κ3) is 2.11. The minimum atomic E-state index is 0.687. The molecule has 0 saturated heterocycles. The molecule has 0 atom stereocenters. The molecule has 4 rings (SSSR count). The third-order valence-corrected chi connectivity index (χ3v) is 3.59. The lowest BCUT2D eigenvalue weighted by Gasteiger charge is -2.07. The molecule has 1 N–H and O–H groups in total. The Bertz CT molecular complexity index is 745. The van der Waals surface area contributed by atoms with Crippen LogP contribution in [-0.4, -0.2) is 26.1 Å². The molecule has 0 bridgehead atoms. The zero-order valence-corrected chi connectivity index (χ0v) is 11.0. The van der Waals surface area contributed by atoms with Crippen molar-refractivity contribution >= 4 is 17.0 Å². The highest BCUT2D eigenvalue weighted by molar-refractivity contribution is 5.76. The van der Waals surface area contributed by atoms with Crippen LogP contribution in [0.4, 0.5) is 5.95 Å². The van der Waals surface area contributed by atoms with Crippen LogP contribution in [0.3, 0.4) is 0 Å². The van der Waals surface area contributed by atoms with Crippen molar-refractivity contribution in [2.75, 3.05) is 11.9 Å². The summed E-state index contributed by atoms with van der Waals surface area (Å²) in [4.78, 5) is 13.2. The predicted molar refractivity (Wildman–Crippen MR) is 77.9 cm³/mol. The molecule has 1 fully saturated rings. The number of aromatic nitrogens is 4. The molecule has 1 aliphatic rings. The van der Waals surface area contributed by atoms with Gasteiger partial charge >= 0.3 is 0 Å². The first-order valence-corrected chi connectivity index (χ1v) is 6.89. The molecule has 1 aromatic carbocycles. The van der Waals surface area contributed by atoms with Crippen LogP contribution in [0, 0.1) is 5.92 Å². The van der Waals surface area contributed by atoms with E-state index in [1.54, 1.807) is 12.5 Å². The summed E-state index contributed by atoms with van der Waals surface area (Å²) in [5.74, 6) is 2.33. The van der Waals surface area contributed by atoms with Crippen LogP contribution in [0.15, 0.2) is 42.9 Å². The Balaban J connectivity index is 1.68. The average molecular weight is 265 g/mol. The molecule has 0 amide bonds. The van der Waals surface area contributed by atoms with Crippen molar-refractivity contribution in [2.24, 2.45) is 5.92 Å². The van der Waals surface area contributed by atoms with Crippen LogP contribution in [0.2, 0.25) is 0 Å². The van der Waals surface area contributed by atoms with E-state index in [1.807, 2.05) is 34.9 Å². The predicted octanol–water partition coefficient (Wildman–Crippen LogP) is 2.64. The quantitative estimate of drug-likeness (QED) is 0.788. The highest BCUT2D eigenvalue weighted by atomic mass is 15.2. The summed E-state index contributed by atoms with van der Waals surface area (Å²) in [5, 5.41) is 3.30. The van der Waals surface area contributed by atoms with Gasteiger partial charge in [-0.25, -0.2) is 9.97 Å². The van der Waals surface area contributed by atoms with E-state index in [4.69, 9.17) is 0 Å². The second-order valence-corrected chi connectivity index (χ2v) is 5.17. The average Bonchev–Trinajstić information content (AvgIpc) is 3.23. The van der Waals surface area contributed by atoms with Crippen molar-refractivity contribution in [3.8, 4) is 5.82 Å². The number of hydrogen-bond acceptors (Lipinski definition) is 4. The Kier molecular flexibility index (Phi) is 2.62. The molecule has 2 aromatic heterocycles. The van der Waals surface area contributed by atoms with Crippen LogP contribution < -0.4 is 5.32 Å². The minimum Gasteiger partial charge on any atom is -0.354 e. The van der Waals surface area contributed by atoms with Gasteiger partial charge in [0.1, 0.15) is 12.1 Å². The highest BCUT2D eigenvalue weighted by Gasteiger charge is 2.21. The van der Waals surface area contributed by atoms with Crippen molar-refractivity contribution in [1.82, 2.24) is 19.5 Å². The van der Waals surface area contributed by atoms with Crippen LogP contribution in [0.5, 0.6) is 0 Å². The maximum Gasteiger partial charge on any atom is 0.224 e. The van der Waals surface area contributed by atoms with E-state index in [0.29, 0.717) is 5.95 Å². The number of nitrogens with zero attached hydrogens (tertiary/aromatic N) is 4. The fourth-order valence-electron chi connectivity index (χ4n) is 2.27. The summed E-state index contributed by atoms with van der Waals surface area (Å²) in [6.07, 6.45) is 6.22. The van der Waals surface area contributed by atoms with Gasteiger partial charge in [-0.1, -0.05) is 12.1 Å². The van der Waals surface area contributed by atoms with Gasteiger partial charge < -0.3 is 5.32 Å². The standard InChI is InChI=1S/C15H15N5/c1-2-4-13-12(3-1)18-10-20(13)14-7-8-16-15(19-14)17-9-11-5-6-11/h1-4,7-8,10-11H,5-6,9H2,(H,16,17,19). The van der Waals surface area contributed by atoms with E-state index >= 15 is 0 Å². The number of hydrogen-bond donors (Lipinski definition) is 1. The van der Waals surface area contributed by atoms with Crippen LogP contribution in [0.1, 0.15) is 12.8 Å². The fraction of sp³-hybridized carbons (Fsp3) is 0.267. The number of anilines is 1. The Labute approximate surface area is 116 Å². The molecular formula is C15H15N5. The number of rotatable bonds is 4. The Morgan fingerprint density at radius 3 is 2.95 bits per heavy atom. The van der Waals surface area contributed by atoms with Gasteiger partial charge in [0.05, 0.1) is 11.0 Å². The zero-order chi connectivity index (χ0) is 13.4. The molecule has 0 unspecified atom stereocenters. The van der Waals surface area contributed by atoms with Gasteiger partial charge in [0.2, 0.25) is 5.95 Å². The Hall–Kier alpha value is -2.43. The Morgan fingerprint density at radius 1 is 1.15 bits per heavy atom. The number of nitrogens with one attached hydrogen (secondary N) is 1. The van der Waals surface area contributed by atoms with Gasteiger partial charge in [-0.3, -0.25) is 4.57 Å². The van der Waals surface area contributed by atoms with Crippen molar-refractivity contribution in [1.29, 1.82) is 0 Å². The summed E-state index contributed by atoms with van der Waals surface area (Å²) in [6, 6.07) is 9.94. The SMILES string of the molecule is c1ccc2c(c1)ncn2-c1ccnc(NCC2CC2)n1. The third-order valence-electron chi connectivity index (χ3n) is 3.59. The lowest BCUT2D eigenvalue weighted by molar-refractivity contribution is 0.868. The van der Waals surface area contributed by atoms with Crippen LogP contribution in [0.25, 0.3) is 16.9 Å². The molecule has 20 heavy (non-hydrogen) atoms. The first-order chi connectivity index (χ1) is 9.90. The molecule has 0 radical (unpaired) electrons. The highest BCUT2D eigenvalue weighted by Crippen LogP contribution is 2.28. The van der Waals surface area contributed by atoms with E-state index in [1.165, 1.54) is 12.8 Å². The van der Waals surface area contributed by atoms with Crippen molar-refractivity contribution in [3.05, 3.63) is 42.9 Å². The molecule has 5 nitrogen and oxygen atoms in total. The van der Waals surface area contributed by atoms with Crippen molar-refractivity contribution in [2.45, 2.75) is 12.8 Å². The minimum absolute atomic E-state index is 0.687. The summed E-state index contributed by atoms with van der Waals surface area (Å²) in [6.45, 7) is 0.966.